The van der Waals surface area contributed by atoms with Gasteiger partial charge in [0, 0.05) is 0 Å². The second-order valence-corrected chi connectivity index (χ2v) is 5.87. The Hall–Kier alpha value is -1.61. The Balaban J connectivity index is 1.79. The number of imide groups is 1. The molecule has 3 nitrogen and oxygen atoms in total. The average Bonchev–Trinajstić information content (AvgIpc) is 3.06. The van der Waals surface area contributed by atoms with Gasteiger partial charge in [-0.1, -0.05) is 35.9 Å². The summed E-state index contributed by atoms with van der Waals surface area (Å²) in [5, 5.41) is 0.449. The van der Waals surface area contributed by atoms with Crippen molar-refractivity contribution >= 4 is 29.1 Å². The molecule has 4 rings (SSSR count). The fraction of sp³-hybridized carbons (Fsp3) is 0.333. The predicted molar refractivity (Wildman–Crippen MR) is 71.7 cm³/mol. The molecule has 1 heterocycles. The number of rotatable bonds is 1. The van der Waals surface area contributed by atoms with E-state index in [1.165, 1.54) is 4.90 Å². The molecule has 0 aromatic heterocycles. The number of hydrogen-bond acceptors (Lipinski definition) is 2. The van der Waals surface area contributed by atoms with Crippen LogP contribution < -0.4 is 4.90 Å². The average molecular weight is 274 g/mol. The van der Waals surface area contributed by atoms with Crippen molar-refractivity contribution in [1.29, 1.82) is 0 Å². The van der Waals surface area contributed by atoms with Crippen molar-refractivity contribution in [2.24, 2.45) is 23.7 Å². The lowest BCUT2D eigenvalue weighted by Gasteiger charge is -2.18. The van der Waals surface area contributed by atoms with E-state index < -0.39 is 0 Å². The normalized spacial score (nSPS) is 35.3. The largest absolute Gasteiger partial charge is 0.274 e. The highest BCUT2D eigenvalue weighted by atomic mass is 35.5. The number of nitrogens with zero attached hydrogens (tertiary/aromatic N) is 1. The summed E-state index contributed by atoms with van der Waals surface area (Å²) in [4.78, 5) is 26.4. The van der Waals surface area contributed by atoms with Gasteiger partial charge in [0.05, 0.1) is 22.5 Å². The van der Waals surface area contributed by atoms with Crippen LogP contribution in [0, 0.1) is 23.7 Å². The van der Waals surface area contributed by atoms with Crippen molar-refractivity contribution in [2.45, 2.75) is 6.42 Å². The number of benzene rings is 1. The molecule has 4 atom stereocenters. The molecular weight excluding hydrogens is 262 g/mol. The van der Waals surface area contributed by atoms with Crippen LogP contribution in [0.2, 0.25) is 5.02 Å². The van der Waals surface area contributed by atoms with E-state index in [1.54, 1.807) is 24.3 Å². The number of carbonyl (C=O) groups is 2. The third-order valence-electron chi connectivity index (χ3n) is 4.56. The highest BCUT2D eigenvalue weighted by Gasteiger charge is 2.59. The van der Waals surface area contributed by atoms with Crippen molar-refractivity contribution in [2.75, 3.05) is 4.90 Å². The van der Waals surface area contributed by atoms with Crippen LogP contribution in [0.15, 0.2) is 36.4 Å². The van der Waals surface area contributed by atoms with Crippen molar-refractivity contribution in [3.63, 3.8) is 0 Å². The van der Waals surface area contributed by atoms with Crippen LogP contribution in [-0.4, -0.2) is 11.8 Å². The Morgan fingerprint density at radius 1 is 1.00 bits per heavy atom. The molecular formula is C15H12ClNO2. The highest BCUT2D eigenvalue weighted by Crippen LogP contribution is 2.53. The van der Waals surface area contributed by atoms with Crippen LogP contribution in [0.25, 0.3) is 0 Å². The second-order valence-electron chi connectivity index (χ2n) is 5.46. The summed E-state index contributed by atoms with van der Waals surface area (Å²) in [5.74, 6) is -0.0321. The molecule has 1 aromatic rings. The number of hydrogen-bond donors (Lipinski definition) is 0. The highest BCUT2D eigenvalue weighted by molar-refractivity contribution is 6.36. The molecule has 0 radical (unpaired) electrons. The molecule has 1 aromatic carbocycles. The van der Waals surface area contributed by atoms with Crippen molar-refractivity contribution in [3.8, 4) is 0 Å². The number of amides is 2. The Bertz CT molecular complexity index is 594. The molecule has 2 amide bonds. The molecule has 3 aliphatic rings. The monoisotopic (exact) mass is 273 g/mol. The minimum absolute atomic E-state index is 0.0834. The first kappa shape index (κ1) is 11.2. The molecule has 0 N–H and O–H groups in total. The summed E-state index contributed by atoms with van der Waals surface area (Å²) >= 11 is 6.12. The lowest BCUT2D eigenvalue weighted by atomic mass is 9.85. The molecule has 2 aliphatic carbocycles. The van der Waals surface area contributed by atoms with Crippen LogP contribution in [0.4, 0.5) is 5.69 Å². The first-order chi connectivity index (χ1) is 9.18. The summed E-state index contributed by atoms with van der Waals surface area (Å²) in [6.07, 6.45) is 5.13. The third-order valence-corrected chi connectivity index (χ3v) is 4.88. The van der Waals surface area contributed by atoms with Gasteiger partial charge in [-0.3, -0.25) is 9.59 Å². The second kappa shape index (κ2) is 3.70. The van der Waals surface area contributed by atoms with Gasteiger partial charge < -0.3 is 0 Å². The first-order valence-corrected chi connectivity index (χ1v) is 6.87. The zero-order valence-corrected chi connectivity index (χ0v) is 10.9. The van der Waals surface area contributed by atoms with Gasteiger partial charge in [0.15, 0.2) is 0 Å². The maximum Gasteiger partial charge on any atom is 0.238 e. The molecule has 2 fully saturated rings. The fourth-order valence-corrected chi connectivity index (χ4v) is 3.99. The minimum Gasteiger partial charge on any atom is -0.274 e. The molecule has 0 unspecified atom stereocenters. The van der Waals surface area contributed by atoms with E-state index in [0.29, 0.717) is 10.7 Å². The van der Waals surface area contributed by atoms with Gasteiger partial charge in [0.25, 0.3) is 0 Å². The zero-order valence-electron chi connectivity index (χ0n) is 10.1. The van der Waals surface area contributed by atoms with Gasteiger partial charge in [-0.25, -0.2) is 4.90 Å². The summed E-state index contributed by atoms with van der Waals surface area (Å²) < 4.78 is 0. The Labute approximate surface area is 115 Å². The summed E-state index contributed by atoms with van der Waals surface area (Å²) in [5.41, 5.74) is 0.521. The number of para-hydroxylation sites is 1. The van der Waals surface area contributed by atoms with Crippen LogP contribution >= 0.6 is 11.6 Å². The lowest BCUT2D eigenvalue weighted by molar-refractivity contribution is -0.123. The topological polar surface area (TPSA) is 37.4 Å². The van der Waals surface area contributed by atoms with Crippen LogP contribution in [-0.2, 0) is 9.59 Å². The van der Waals surface area contributed by atoms with E-state index in [1.807, 2.05) is 0 Å². The van der Waals surface area contributed by atoms with Crippen molar-refractivity contribution in [1.82, 2.24) is 0 Å². The number of anilines is 1. The summed E-state index contributed by atoms with van der Waals surface area (Å²) in [7, 11) is 0. The van der Waals surface area contributed by atoms with E-state index in [4.69, 9.17) is 11.6 Å². The number of carbonyl (C=O) groups excluding carboxylic acids is 2. The van der Waals surface area contributed by atoms with E-state index in [2.05, 4.69) is 12.2 Å². The maximum atomic E-state index is 12.6. The Morgan fingerprint density at radius 3 is 2.16 bits per heavy atom. The SMILES string of the molecule is O=C1[C@@H]2[C@H](C(=O)N1c1ccccc1Cl)[C@@H]1C=C[C@@H]2C1. The quantitative estimate of drug-likeness (QED) is 0.583. The van der Waals surface area contributed by atoms with Gasteiger partial charge in [-0.2, -0.15) is 0 Å². The van der Waals surface area contributed by atoms with E-state index in [-0.39, 0.29) is 35.5 Å². The standard InChI is InChI=1S/C15H12ClNO2/c16-10-3-1-2-4-11(10)17-14(18)12-8-5-6-9(7-8)13(12)15(17)19/h1-6,8-9,12-13H,7H2/t8-,9-,12-,13+/m1/s1. The van der Waals surface area contributed by atoms with Gasteiger partial charge in [-0.15, -0.1) is 0 Å². The Kier molecular flexibility index (Phi) is 2.19. The first-order valence-electron chi connectivity index (χ1n) is 6.49. The molecule has 19 heavy (non-hydrogen) atoms. The zero-order chi connectivity index (χ0) is 13.1. The minimum atomic E-state index is -0.168. The summed E-state index contributed by atoms with van der Waals surface area (Å²) in [6, 6.07) is 7.03. The molecule has 2 bridgehead atoms. The molecule has 4 heteroatoms. The molecule has 0 spiro atoms. The third kappa shape index (κ3) is 1.34. The van der Waals surface area contributed by atoms with Crippen molar-refractivity contribution in [3.05, 3.63) is 41.4 Å². The fourth-order valence-electron chi connectivity index (χ4n) is 3.77. The smallest absolute Gasteiger partial charge is 0.238 e. The summed E-state index contributed by atoms with van der Waals surface area (Å²) in [6.45, 7) is 0. The maximum absolute atomic E-state index is 12.6. The molecule has 1 saturated carbocycles. The van der Waals surface area contributed by atoms with Gasteiger partial charge in [0.1, 0.15) is 0 Å². The van der Waals surface area contributed by atoms with Crippen LogP contribution in [0.3, 0.4) is 0 Å². The van der Waals surface area contributed by atoms with Crippen LogP contribution in [0.5, 0.6) is 0 Å². The van der Waals surface area contributed by atoms with E-state index >= 15 is 0 Å². The van der Waals surface area contributed by atoms with E-state index in [0.717, 1.165) is 6.42 Å². The molecule has 1 aliphatic heterocycles. The predicted octanol–water partition coefficient (Wildman–Crippen LogP) is 2.65. The molecule has 1 saturated heterocycles. The Morgan fingerprint density at radius 2 is 1.58 bits per heavy atom. The lowest BCUT2D eigenvalue weighted by Crippen LogP contribution is -2.33. The van der Waals surface area contributed by atoms with Crippen LogP contribution in [0.1, 0.15) is 6.42 Å². The number of halogens is 1. The number of allylic oxidation sites excluding steroid dienone is 2. The van der Waals surface area contributed by atoms with E-state index in [9.17, 15) is 9.59 Å². The molecule has 96 valence electrons. The van der Waals surface area contributed by atoms with Gasteiger partial charge >= 0.3 is 0 Å². The number of fused-ring (bicyclic) bond motifs is 5. The van der Waals surface area contributed by atoms with Gasteiger partial charge in [0.2, 0.25) is 11.8 Å². The van der Waals surface area contributed by atoms with Gasteiger partial charge in [-0.05, 0) is 30.4 Å². The van der Waals surface area contributed by atoms with Crippen molar-refractivity contribution < 1.29 is 9.59 Å².